The molecule has 0 radical (unpaired) electrons. The van der Waals surface area contributed by atoms with E-state index in [1.807, 2.05) is 6.07 Å². The van der Waals surface area contributed by atoms with Crippen LogP contribution in [0.4, 0.5) is 0 Å². The van der Waals surface area contributed by atoms with Crippen LogP contribution in [0.1, 0.15) is 17.2 Å². The van der Waals surface area contributed by atoms with Crippen molar-refractivity contribution < 1.29 is 14.6 Å². The van der Waals surface area contributed by atoms with Crippen molar-refractivity contribution in [3.8, 4) is 0 Å². The van der Waals surface area contributed by atoms with Gasteiger partial charge in [-0.05, 0) is 17.5 Å². The lowest BCUT2D eigenvalue weighted by Gasteiger charge is -2.37. The molecule has 4 heteroatoms. The van der Waals surface area contributed by atoms with E-state index in [0.717, 1.165) is 19.5 Å². The number of rotatable bonds is 3. The monoisotopic (exact) mass is 249 g/mol. The number of fused-ring (bicyclic) bond motifs is 1. The molecule has 2 heterocycles. The zero-order chi connectivity index (χ0) is 12.4. The van der Waals surface area contributed by atoms with Crippen molar-refractivity contribution in [3.05, 3.63) is 35.4 Å². The van der Waals surface area contributed by atoms with Gasteiger partial charge in [-0.15, -0.1) is 0 Å². The second-order valence-electron chi connectivity index (χ2n) is 4.81. The van der Waals surface area contributed by atoms with Gasteiger partial charge in [-0.1, -0.05) is 24.3 Å². The van der Waals surface area contributed by atoms with Crippen LogP contribution in [0.2, 0.25) is 0 Å². The second-order valence-corrected chi connectivity index (χ2v) is 4.81. The Labute approximate surface area is 107 Å². The van der Waals surface area contributed by atoms with E-state index in [1.165, 1.54) is 11.1 Å². The Balaban J connectivity index is 1.76. The summed E-state index contributed by atoms with van der Waals surface area (Å²) in [6, 6.07) is 8.43. The largest absolute Gasteiger partial charge is 0.394 e. The smallest absolute Gasteiger partial charge is 0.170 e. The Morgan fingerprint density at radius 3 is 2.78 bits per heavy atom. The summed E-state index contributed by atoms with van der Waals surface area (Å²) in [6.07, 6.45) is 0.892. The van der Waals surface area contributed by atoms with Crippen molar-refractivity contribution in [3.63, 3.8) is 0 Å². The fourth-order valence-corrected chi connectivity index (χ4v) is 2.84. The van der Waals surface area contributed by atoms with Gasteiger partial charge in [0, 0.05) is 6.54 Å². The zero-order valence-electron chi connectivity index (χ0n) is 10.4. The second kappa shape index (κ2) is 5.36. The Morgan fingerprint density at radius 2 is 2.00 bits per heavy atom. The van der Waals surface area contributed by atoms with Crippen LogP contribution in [-0.2, 0) is 15.9 Å². The molecule has 2 aliphatic heterocycles. The fourth-order valence-electron chi connectivity index (χ4n) is 2.84. The number of aliphatic hydroxyl groups is 1. The highest BCUT2D eigenvalue weighted by atomic mass is 16.7. The Morgan fingerprint density at radius 1 is 1.22 bits per heavy atom. The average Bonchev–Trinajstić information content (AvgIpc) is 2.91. The first-order valence-corrected chi connectivity index (χ1v) is 6.54. The van der Waals surface area contributed by atoms with Crippen LogP contribution < -0.4 is 0 Å². The van der Waals surface area contributed by atoms with Gasteiger partial charge in [-0.2, -0.15) is 0 Å². The lowest BCUT2D eigenvalue weighted by atomic mass is 9.93. The third-order valence-corrected chi connectivity index (χ3v) is 3.77. The Bertz CT molecular complexity index is 404. The van der Waals surface area contributed by atoms with Gasteiger partial charge in [0.15, 0.2) is 6.29 Å². The molecule has 0 spiro atoms. The van der Waals surface area contributed by atoms with Crippen molar-refractivity contribution in [2.24, 2.45) is 0 Å². The van der Waals surface area contributed by atoms with Gasteiger partial charge >= 0.3 is 0 Å². The molecule has 1 fully saturated rings. The molecule has 1 N–H and O–H groups in total. The molecule has 98 valence electrons. The molecule has 1 saturated heterocycles. The van der Waals surface area contributed by atoms with E-state index in [-0.39, 0.29) is 18.9 Å². The molecule has 1 unspecified atom stereocenters. The lowest BCUT2D eigenvalue weighted by Crippen LogP contribution is -2.42. The predicted octanol–water partition coefficient (Wildman–Crippen LogP) is 0.951. The minimum absolute atomic E-state index is 0.0720. The van der Waals surface area contributed by atoms with E-state index in [1.54, 1.807) is 0 Å². The molecule has 1 aromatic rings. The number of benzene rings is 1. The van der Waals surface area contributed by atoms with Gasteiger partial charge in [0.1, 0.15) is 0 Å². The van der Waals surface area contributed by atoms with E-state index in [4.69, 9.17) is 9.47 Å². The van der Waals surface area contributed by atoms with Crippen molar-refractivity contribution in [1.29, 1.82) is 0 Å². The van der Waals surface area contributed by atoms with E-state index in [2.05, 4.69) is 23.1 Å². The highest BCUT2D eigenvalue weighted by Gasteiger charge is 2.29. The van der Waals surface area contributed by atoms with Crippen LogP contribution in [0.5, 0.6) is 0 Å². The maximum Gasteiger partial charge on any atom is 0.170 e. The first-order valence-electron chi connectivity index (χ1n) is 6.54. The highest BCUT2D eigenvalue weighted by Crippen LogP contribution is 2.29. The third-order valence-electron chi connectivity index (χ3n) is 3.77. The molecular weight excluding hydrogens is 230 g/mol. The summed E-state index contributed by atoms with van der Waals surface area (Å²) in [5.41, 5.74) is 2.59. The minimum Gasteiger partial charge on any atom is -0.394 e. The summed E-state index contributed by atoms with van der Waals surface area (Å²) in [6.45, 7) is 3.19. The first kappa shape index (κ1) is 12.1. The molecule has 0 bridgehead atoms. The predicted molar refractivity (Wildman–Crippen MR) is 67.2 cm³/mol. The molecule has 18 heavy (non-hydrogen) atoms. The summed E-state index contributed by atoms with van der Waals surface area (Å²) in [5, 5.41) is 9.66. The van der Waals surface area contributed by atoms with E-state index >= 15 is 0 Å². The molecule has 0 aromatic heterocycles. The van der Waals surface area contributed by atoms with E-state index < -0.39 is 0 Å². The van der Waals surface area contributed by atoms with Gasteiger partial charge in [-0.3, -0.25) is 4.90 Å². The summed E-state index contributed by atoms with van der Waals surface area (Å²) in [4.78, 5) is 2.26. The standard InChI is InChI=1S/C14H19NO3/c16-10-13-12-4-2-1-3-11(12)5-6-15(13)9-14-17-7-8-18-14/h1-4,13-14,16H,5-10H2. The van der Waals surface area contributed by atoms with Crippen molar-refractivity contribution >= 4 is 0 Å². The number of hydrogen-bond acceptors (Lipinski definition) is 4. The number of nitrogens with zero attached hydrogens (tertiary/aromatic N) is 1. The first-order chi connectivity index (χ1) is 8.88. The maximum absolute atomic E-state index is 9.66. The van der Waals surface area contributed by atoms with Gasteiger partial charge in [-0.25, -0.2) is 0 Å². The molecule has 4 nitrogen and oxygen atoms in total. The summed E-state index contributed by atoms with van der Waals surface area (Å²) in [5.74, 6) is 0. The third kappa shape index (κ3) is 2.29. The van der Waals surface area contributed by atoms with Gasteiger partial charge < -0.3 is 14.6 Å². The van der Waals surface area contributed by atoms with Crippen LogP contribution in [0, 0.1) is 0 Å². The number of hydrogen-bond donors (Lipinski definition) is 1. The molecule has 1 aromatic carbocycles. The summed E-state index contributed by atoms with van der Waals surface area (Å²) < 4.78 is 11.0. The van der Waals surface area contributed by atoms with Crippen LogP contribution in [0.15, 0.2) is 24.3 Å². The van der Waals surface area contributed by atoms with Crippen LogP contribution in [0.3, 0.4) is 0 Å². The molecule has 0 aliphatic carbocycles. The SMILES string of the molecule is OCC1c2ccccc2CCN1CC1OCCO1. The van der Waals surface area contributed by atoms with Crippen LogP contribution >= 0.6 is 0 Å². The molecular formula is C14H19NO3. The fraction of sp³-hybridized carbons (Fsp3) is 0.571. The number of aliphatic hydroxyl groups excluding tert-OH is 1. The molecule has 1 atom stereocenters. The Hall–Kier alpha value is -0.940. The topological polar surface area (TPSA) is 41.9 Å². The average molecular weight is 249 g/mol. The van der Waals surface area contributed by atoms with Crippen LogP contribution in [-0.4, -0.2) is 49.2 Å². The van der Waals surface area contributed by atoms with Gasteiger partial charge in [0.2, 0.25) is 0 Å². The lowest BCUT2D eigenvalue weighted by molar-refractivity contribution is -0.0735. The van der Waals surface area contributed by atoms with Gasteiger partial charge in [0.25, 0.3) is 0 Å². The molecule has 0 amide bonds. The highest BCUT2D eigenvalue weighted by molar-refractivity contribution is 5.32. The zero-order valence-corrected chi connectivity index (χ0v) is 10.4. The minimum atomic E-state index is -0.135. The van der Waals surface area contributed by atoms with Crippen molar-refractivity contribution in [2.45, 2.75) is 18.8 Å². The maximum atomic E-state index is 9.66. The Kier molecular flexibility index (Phi) is 3.61. The summed E-state index contributed by atoms with van der Waals surface area (Å²) in [7, 11) is 0. The van der Waals surface area contributed by atoms with Crippen molar-refractivity contribution in [2.75, 3.05) is 32.9 Å². The van der Waals surface area contributed by atoms with Crippen molar-refractivity contribution in [1.82, 2.24) is 4.90 Å². The van der Waals surface area contributed by atoms with Crippen LogP contribution in [0.25, 0.3) is 0 Å². The molecule has 2 aliphatic rings. The number of ether oxygens (including phenoxy) is 2. The molecule has 0 saturated carbocycles. The summed E-state index contributed by atoms with van der Waals surface area (Å²) >= 11 is 0. The molecule has 3 rings (SSSR count). The normalized spacial score (nSPS) is 25.3. The van der Waals surface area contributed by atoms with E-state index in [0.29, 0.717) is 13.2 Å². The van der Waals surface area contributed by atoms with Gasteiger partial charge in [0.05, 0.1) is 32.4 Å². The quantitative estimate of drug-likeness (QED) is 0.866. The van der Waals surface area contributed by atoms with E-state index in [9.17, 15) is 5.11 Å².